The minimum Gasteiger partial charge on any atom is -0.306 e. The predicted octanol–water partition coefficient (Wildman–Crippen LogP) is 3.20. The summed E-state index contributed by atoms with van der Waals surface area (Å²) < 4.78 is 0. The molecule has 1 aliphatic heterocycles. The summed E-state index contributed by atoms with van der Waals surface area (Å²) in [7, 11) is 4.22. The van der Waals surface area contributed by atoms with Crippen molar-refractivity contribution in [2.24, 2.45) is 0 Å². The molecular formula is C15H20Cl2N2O. The van der Waals surface area contributed by atoms with Crippen LogP contribution in [0.1, 0.15) is 23.2 Å². The third-order valence-corrected chi connectivity index (χ3v) is 4.43. The van der Waals surface area contributed by atoms with Crippen LogP contribution in [-0.4, -0.2) is 55.4 Å². The minimum atomic E-state index is 0.0648. The maximum Gasteiger partial charge on any atom is 0.178 e. The number of hydrogen-bond donors (Lipinski definition) is 0. The lowest BCUT2D eigenvalue weighted by Crippen LogP contribution is -2.43. The molecule has 5 heteroatoms. The summed E-state index contributed by atoms with van der Waals surface area (Å²) in [4.78, 5) is 16.7. The van der Waals surface area contributed by atoms with Crippen molar-refractivity contribution in [1.29, 1.82) is 0 Å². The van der Waals surface area contributed by atoms with Gasteiger partial charge in [0, 0.05) is 29.7 Å². The van der Waals surface area contributed by atoms with E-state index in [0.717, 1.165) is 25.9 Å². The average molecular weight is 315 g/mol. The van der Waals surface area contributed by atoms with E-state index in [-0.39, 0.29) is 5.78 Å². The van der Waals surface area contributed by atoms with Crippen molar-refractivity contribution in [2.45, 2.75) is 18.9 Å². The molecule has 0 N–H and O–H groups in total. The molecule has 1 saturated heterocycles. The highest BCUT2D eigenvalue weighted by Gasteiger charge is 2.22. The van der Waals surface area contributed by atoms with E-state index >= 15 is 0 Å². The van der Waals surface area contributed by atoms with Gasteiger partial charge in [0.25, 0.3) is 0 Å². The van der Waals surface area contributed by atoms with Gasteiger partial charge in [-0.25, -0.2) is 0 Å². The minimum absolute atomic E-state index is 0.0648. The Morgan fingerprint density at radius 2 is 1.95 bits per heavy atom. The molecule has 1 aliphatic rings. The van der Waals surface area contributed by atoms with Gasteiger partial charge in [-0.05, 0) is 45.1 Å². The summed E-state index contributed by atoms with van der Waals surface area (Å²) in [6, 6.07) is 5.66. The highest BCUT2D eigenvalue weighted by Crippen LogP contribution is 2.22. The summed E-state index contributed by atoms with van der Waals surface area (Å²) in [6.45, 7) is 2.35. The lowest BCUT2D eigenvalue weighted by molar-refractivity contribution is 0.0874. The average Bonchev–Trinajstić information content (AvgIpc) is 2.39. The van der Waals surface area contributed by atoms with Crippen molar-refractivity contribution < 1.29 is 4.79 Å². The van der Waals surface area contributed by atoms with Crippen LogP contribution in [0.4, 0.5) is 0 Å². The van der Waals surface area contributed by atoms with Crippen molar-refractivity contribution in [3.05, 3.63) is 33.8 Å². The molecule has 110 valence electrons. The van der Waals surface area contributed by atoms with E-state index in [1.165, 1.54) is 0 Å². The van der Waals surface area contributed by atoms with Crippen LogP contribution in [0.3, 0.4) is 0 Å². The lowest BCUT2D eigenvalue weighted by Gasteiger charge is -2.34. The van der Waals surface area contributed by atoms with E-state index in [2.05, 4.69) is 23.9 Å². The molecule has 2 rings (SSSR count). The highest BCUT2D eigenvalue weighted by atomic mass is 35.5. The van der Waals surface area contributed by atoms with Crippen molar-refractivity contribution in [3.63, 3.8) is 0 Å². The molecule has 0 atom stereocenters. The van der Waals surface area contributed by atoms with Crippen molar-refractivity contribution in [1.82, 2.24) is 9.80 Å². The summed E-state index contributed by atoms with van der Waals surface area (Å²) in [6.07, 6.45) is 2.21. The van der Waals surface area contributed by atoms with Crippen molar-refractivity contribution >= 4 is 29.0 Å². The Hall–Kier alpha value is -0.610. The quantitative estimate of drug-likeness (QED) is 0.797. The molecule has 1 fully saturated rings. The normalized spacial score (nSPS) is 17.6. The van der Waals surface area contributed by atoms with Gasteiger partial charge >= 0.3 is 0 Å². The van der Waals surface area contributed by atoms with E-state index in [4.69, 9.17) is 23.2 Å². The number of Topliss-reactive ketones (excluding diaryl/α,β-unsaturated/α-hetero) is 1. The number of carbonyl (C=O) groups is 1. The number of hydrogen-bond acceptors (Lipinski definition) is 3. The van der Waals surface area contributed by atoms with E-state index in [9.17, 15) is 4.79 Å². The van der Waals surface area contributed by atoms with Crippen LogP contribution >= 0.6 is 23.2 Å². The molecule has 0 bridgehead atoms. The maximum absolute atomic E-state index is 12.3. The summed E-state index contributed by atoms with van der Waals surface area (Å²) >= 11 is 11.9. The number of ketones is 1. The number of halogens is 2. The zero-order valence-corrected chi connectivity index (χ0v) is 13.4. The predicted molar refractivity (Wildman–Crippen MR) is 83.9 cm³/mol. The molecule has 1 aromatic carbocycles. The van der Waals surface area contributed by atoms with Crippen LogP contribution in [0.15, 0.2) is 18.2 Å². The van der Waals surface area contributed by atoms with Gasteiger partial charge in [0.2, 0.25) is 0 Å². The first-order chi connectivity index (χ1) is 9.47. The number of benzene rings is 1. The lowest BCUT2D eigenvalue weighted by atomic mass is 10.0. The van der Waals surface area contributed by atoms with E-state index in [0.29, 0.717) is 28.2 Å². The van der Waals surface area contributed by atoms with Gasteiger partial charge in [-0.1, -0.05) is 23.2 Å². The molecule has 0 unspecified atom stereocenters. The van der Waals surface area contributed by atoms with Crippen LogP contribution in [0.25, 0.3) is 0 Å². The van der Waals surface area contributed by atoms with Gasteiger partial charge < -0.3 is 4.90 Å². The van der Waals surface area contributed by atoms with Gasteiger partial charge in [-0.15, -0.1) is 0 Å². The Labute approximate surface area is 130 Å². The van der Waals surface area contributed by atoms with Crippen LogP contribution in [-0.2, 0) is 0 Å². The molecule has 0 aromatic heterocycles. The Kier molecular flexibility index (Phi) is 5.44. The van der Waals surface area contributed by atoms with E-state index < -0.39 is 0 Å². The zero-order valence-electron chi connectivity index (χ0n) is 11.9. The molecule has 0 radical (unpaired) electrons. The molecule has 0 amide bonds. The van der Waals surface area contributed by atoms with Crippen molar-refractivity contribution in [2.75, 3.05) is 33.7 Å². The highest BCUT2D eigenvalue weighted by molar-refractivity contribution is 6.36. The van der Waals surface area contributed by atoms with Gasteiger partial charge in [0.15, 0.2) is 5.78 Å². The summed E-state index contributed by atoms with van der Waals surface area (Å²) in [5.41, 5.74) is 0.561. The fourth-order valence-electron chi connectivity index (χ4n) is 2.60. The number of nitrogens with zero attached hydrogens (tertiary/aromatic N) is 2. The molecule has 0 saturated carbocycles. The molecule has 3 nitrogen and oxygen atoms in total. The number of rotatable bonds is 4. The Balaban J connectivity index is 1.92. The molecular weight excluding hydrogens is 295 g/mol. The van der Waals surface area contributed by atoms with Gasteiger partial charge in [0.05, 0.1) is 11.6 Å². The molecule has 0 aliphatic carbocycles. The Morgan fingerprint density at radius 3 is 2.50 bits per heavy atom. The fraction of sp³-hybridized carbons (Fsp3) is 0.533. The smallest absolute Gasteiger partial charge is 0.178 e. The second-order valence-corrected chi connectivity index (χ2v) is 6.36. The van der Waals surface area contributed by atoms with Crippen LogP contribution in [0.5, 0.6) is 0 Å². The third-order valence-electron chi connectivity index (χ3n) is 3.89. The van der Waals surface area contributed by atoms with Crippen LogP contribution < -0.4 is 0 Å². The first kappa shape index (κ1) is 15.8. The number of carbonyl (C=O) groups excluding carboxylic acids is 1. The SMILES string of the molecule is CN(C)C1CCN(CC(=O)c2ccc(Cl)cc2Cl)CC1. The van der Waals surface area contributed by atoms with Gasteiger partial charge in [0.1, 0.15) is 0 Å². The van der Waals surface area contributed by atoms with Crippen LogP contribution in [0.2, 0.25) is 10.0 Å². The second-order valence-electron chi connectivity index (χ2n) is 5.52. The third kappa shape index (κ3) is 3.95. The van der Waals surface area contributed by atoms with Gasteiger partial charge in [-0.3, -0.25) is 9.69 Å². The number of piperidine rings is 1. The Bertz CT molecular complexity index is 483. The largest absolute Gasteiger partial charge is 0.306 e. The topological polar surface area (TPSA) is 23.6 Å². The zero-order chi connectivity index (χ0) is 14.7. The van der Waals surface area contributed by atoms with E-state index in [1.807, 2.05) is 0 Å². The number of likely N-dealkylation sites (tertiary alicyclic amines) is 1. The molecule has 20 heavy (non-hydrogen) atoms. The molecule has 0 spiro atoms. The van der Waals surface area contributed by atoms with Crippen molar-refractivity contribution in [3.8, 4) is 0 Å². The standard InChI is InChI=1S/C15H20Cl2N2O/c1-18(2)12-5-7-19(8-6-12)10-15(20)13-4-3-11(16)9-14(13)17/h3-4,9,12H,5-8,10H2,1-2H3. The second kappa shape index (κ2) is 6.90. The summed E-state index contributed by atoms with van der Waals surface area (Å²) in [5, 5.41) is 0.990. The first-order valence-electron chi connectivity index (χ1n) is 6.84. The maximum atomic E-state index is 12.3. The summed E-state index contributed by atoms with van der Waals surface area (Å²) in [5.74, 6) is 0.0648. The fourth-order valence-corrected chi connectivity index (χ4v) is 3.11. The van der Waals surface area contributed by atoms with E-state index in [1.54, 1.807) is 18.2 Å². The molecule has 1 heterocycles. The Morgan fingerprint density at radius 1 is 1.30 bits per heavy atom. The molecule has 1 aromatic rings. The van der Waals surface area contributed by atoms with Gasteiger partial charge in [-0.2, -0.15) is 0 Å². The first-order valence-corrected chi connectivity index (χ1v) is 7.60. The monoisotopic (exact) mass is 314 g/mol. The van der Waals surface area contributed by atoms with Crippen LogP contribution in [0, 0.1) is 0 Å².